The number of carbonyl (C=O) groups is 1. The first-order valence-electron chi connectivity index (χ1n) is 8.18. The number of hydrogen-bond acceptors (Lipinski definition) is 3. The Morgan fingerprint density at radius 1 is 1.32 bits per heavy atom. The summed E-state index contributed by atoms with van der Waals surface area (Å²) < 4.78 is 5.90. The van der Waals surface area contributed by atoms with Crippen molar-refractivity contribution in [1.29, 1.82) is 0 Å². The molecular formula is C18H25NO3. The summed E-state index contributed by atoms with van der Waals surface area (Å²) in [5.74, 6) is 1.01. The van der Waals surface area contributed by atoms with Crippen LogP contribution in [-0.2, 0) is 4.79 Å². The SMILES string of the molecule is Cc1ccc(O[C@@H]2CC[C@H](CNC(=O)C3(C)CC3)[C@H]2O)cc1. The molecule has 120 valence electrons. The molecule has 0 aliphatic heterocycles. The predicted octanol–water partition coefficient (Wildman–Crippen LogP) is 2.43. The van der Waals surface area contributed by atoms with E-state index in [1.807, 2.05) is 38.1 Å². The second-order valence-electron chi connectivity index (χ2n) is 7.07. The molecule has 2 fully saturated rings. The van der Waals surface area contributed by atoms with Crippen molar-refractivity contribution < 1.29 is 14.6 Å². The molecule has 3 atom stereocenters. The number of hydrogen-bond donors (Lipinski definition) is 2. The fraction of sp³-hybridized carbons (Fsp3) is 0.611. The van der Waals surface area contributed by atoms with Crippen molar-refractivity contribution in [1.82, 2.24) is 5.32 Å². The van der Waals surface area contributed by atoms with Gasteiger partial charge >= 0.3 is 0 Å². The number of rotatable bonds is 5. The lowest BCUT2D eigenvalue weighted by Crippen LogP contribution is -2.39. The van der Waals surface area contributed by atoms with Crippen LogP contribution in [-0.4, -0.2) is 29.8 Å². The van der Waals surface area contributed by atoms with E-state index in [9.17, 15) is 9.90 Å². The number of amides is 1. The summed E-state index contributed by atoms with van der Waals surface area (Å²) in [6.07, 6.45) is 2.97. The predicted molar refractivity (Wildman–Crippen MR) is 84.7 cm³/mol. The van der Waals surface area contributed by atoms with Crippen LogP contribution in [0.25, 0.3) is 0 Å². The van der Waals surface area contributed by atoms with Crippen molar-refractivity contribution in [3.05, 3.63) is 29.8 Å². The maximum Gasteiger partial charge on any atom is 0.225 e. The number of aliphatic hydroxyl groups is 1. The normalized spacial score (nSPS) is 29.1. The highest BCUT2D eigenvalue weighted by Crippen LogP contribution is 2.45. The molecule has 0 bridgehead atoms. The van der Waals surface area contributed by atoms with E-state index in [0.717, 1.165) is 31.4 Å². The third-order valence-electron chi connectivity index (χ3n) is 5.07. The van der Waals surface area contributed by atoms with Gasteiger partial charge in [-0.3, -0.25) is 4.79 Å². The third-order valence-corrected chi connectivity index (χ3v) is 5.07. The quantitative estimate of drug-likeness (QED) is 0.878. The Bertz CT molecular complexity index is 536. The highest BCUT2D eigenvalue weighted by atomic mass is 16.5. The lowest BCUT2D eigenvalue weighted by Gasteiger charge is -2.22. The van der Waals surface area contributed by atoms with Crippen LogP contribution in [0, 0.1) is 18.3 Å². The molecule has 0 aromatic heterocycles. The van der Waals surface area contributed by atoms with Gasteiger partial charge in [-0.1, -0.05) is 24.6 Å². The van der Waals surface area contributed by atoms with Crippen molar-refractivity contribution in [2.75, 3.05) is 6.54 Å². The average Bonchev–Trinajstić information content (AvgIpc) is 3.17. The van der Waals surface area contributed by atoms with Crippen molar-refractivity contribution >= 4 is 5.91 Å². The van der Waals surface area contributed by atoms with E-state index in [0.29, 0.717) is 6.54 Å². The van der Waals surface area contributed by atoms with Gasteiger partial charge in [-0.2, -0.15) is 0 Å². The largest absolute Gasteiger partial charge is 0.488 e. The summed E-state index contributed by atoms with van der Waals surface area (Å²) in [4.78, 5) is 12.0. The molecular weight excluding hydrogens is 278 g/mol. The average molecular weight is 303 g/mol. The number of carbonyl (C=O) groups excluding carboxylic acids is 1. The summed E-state index contributed by atoms with van der Waals surface area (Å²) in [5, 5.41) is 13.4. The summed E-state index contributed by atoms with van der Waals surface area (Å²) in [5.41, 5.74) is 1.04. The molecule has 3 rings (SSSR count). The molecule has 1 aromatic rings. The molecule has 2 aliphatic rings. The maximum absolute atomic E-state index is 12.0. The molecule has 0 spiro atoms. The Morgan fingerprint density at radius 3 is 2.64 bits per heavy atom. The van der Waals surface area contributed by atoms with Crippen LogP contribution < -0.4 is 10.1 Å². The van der Waals surface area contributed by atoms with Crippen LogP contribution in [0.3, 0.4) is 0 Å². The zero-order valence-corrected chi connectivity index (χ0v) is 13.3. The second-order valence-corrected chi connectivity index (χ2v) is 7.07. The van der Waals surface area contributed by atoms with Crippen molar-refractivity contribution in [2.24, 2.45) is 11.3 Å². The Labute approximate surface area is 131 Å². The molecule has 0 heterocycles. The third kappa shape index (κ3) is 3.27. The van der Waals surface area contributed by atoms with Crippen LogP contribution in [0.2, 0.25) is 0 Å². The molecule has 4 heteroatoms. The zero-order chi connectivity index (χ0) is 15.7. The van der Waals surface area contributed by atoms with E-state index >= 15 is 0 Å². The Hall–Kier alpha value is -1.55. The number of ether oxygens (including phenoxy) is 1. The minimum Gasteiger partial charge on any atom is -0.488 e. The molecule has 2 saturated carbocycles. The zero-order valence-electron chi connectivity index (χ0n) is 13.3. The number of nitrogens with one attached hydrogen (secondary N) is 1. The van der Waals surface area contributed by atoms with Gasteiger partial charge in [0.1, 0.15) is 11.9 Å². The minimum absolute atomic E-state index is 0.0850. The van der Waals surface area contributed by atoms with Gasteiger partial charge in [0.15, 0.2) is 0 Å². The first kappa shape index (κ1) is 15.3. The fourth-order valence-electron chi connectivity index (χ4n) is 3.02. The summed E-state index contributed by atoms with van der Waals surface area (Å²) in [7, 11) is 0. The Morgan fingerprint density at radius 2 is 2.00 bits per heavy atom. The van der Waals surface area contributed by atoms with Crippen LogP contribution in [0.5, 0.6) is 5.75 Å². The van der Waals surface area contributed by atoms with E-state index in [-0.39, 0.29) is 23.3 Å². The second kappa shape index (κ2) is 5.92. The van der Waals surface area contributed by atoms with Gasteiger partial charge in [0.25, 0.3) is 0 Å². The van der Waals surface area contributed by atoms with E-state index in [1.165, 1.54) is 5.56 Å². The highest BCUT2D eigenvalue weighted by Gasteiger charge is 2.45. The maximum atomic E-state index is 12.0. The van der Waals surface area contributed by atoms with E-state index in [2.05, 4.69) is 5.32 Å². The fourth-order valence-corrected chi connectivity index (χ4v) is 3.02. The van der Waals surface area contributed by atoms with Gasteiger partial charge in [0.05, 0.1) is 6.10 Å². The molecule has 4 nitrogen and oxygen atoms in total. The van der Waals surface area contributed by atoms with Crippen molar-refractivity contribution in [3.8, 4) is 5.75 Å². The minimum atomic E-state index is -0.520. The lowest BCUT2D eigenvalue weighted by atomic mass is 10.0. The van der Waals surface area contributed by atoms with Gasteiger partial charge in [0.2, 0.25) is 5.91 Å². The van der Waals surface area contributed by atoms with Gasteiger partial charge in [-0.05, 0) is 44.7 Å². The van der Waals surface area contributed by atoms with Gasteiger partial charge in [-0.25, -0.2) is 0 Å². The summed E-state index contributed by atoms with van der Waals surface area (Å²) in [6.45, 7) is 4.58. The topological polar surface area (TPSA) is 58.6 Å². The van der Waals surface area contributed by atoms with Crippen LogP contribution in [0.1, 0.15) is 38.2 Å². The van der Waals surface area contributed by atoms with Crippen molar-refractivity contribution in [2.45, 2.75) is 51.7 Å². The first-order valence-corrected chi connectivity index (χ1v) is 8.18. The number of benzene rings is 1. The molecule has 2 aliphatic carbocycles. The molecule has 0 saturated heterocycles. The van der Waals surface area contributed by atoms with Crippen molar-refractivity contribution in [3.63, 3.8) is 0 Å². The van der Waals surface area contributed by atoms with Crippen LogP contribution in [0.15, 0.2) is 24.3 Å². The molecule has 22 heavy (non-hydrogen) atoms. The molecule has 1 amide bonds. The summed E-state index contributed by atoms with van der Waals surface area (Å²) in [6, 6.07) is 7.88. The molecule has 0 unspecified atom stereocenters. The van der Waals surface area contributed by atoms with Crippen LogP contribution >= 0.6 is 0 Å². The molecule has 1 aromatic carbocycles. The van der Waals surface area contributed by atoms with E-state index < -0.39 is 6.10 Å². The van der Waals surface area contributed by atoms with E-state index in [4.69, 9.17) is 4.74 Å². The number of aliphatic hydroxyl groups excluding tert-OH is 1. The van der Waals surface area contributed by atoms with Crippen LogP contribution in [0.4, 0.5) is 0 Å². The monoisotopic (exact) mass is 303 g/mol. The smallest absolute Gasteiger partial charge is 0.225 e. The Kier molecular flexibility index (Phi) is 4.13. The highest BCUT2D eigenvalue weighted by molar-refractivity contribution is 5.84. The Balaban J connectivity index is 1.50. The molecule has 2 N–H and O–H groups in total. The van der Waals surface area contributed by atoms with Gasteiger partial charge < -0.3 is 15.2 Å². The molecule has 0 radical (unpaired) electrons. The van der Waals surface area contributed by atoms with Gasteiger partial charge in [0, 0.05) is 17.9 Å². The number of aryl methyl sites for hydroxylation is 1. The first-order chi connectivity index (χ1) is 10.5. The van der Waals surface area contributed by atoms with E-state index in [1.54, 1.807) is 0 Å². The van der Waals surface area contributed by atoms with Gasteiger partial charge in [-0.15, -0.1) is 0 Å². The standard InChI is InChI=1S/C18H25NO3/c1-12-3-6-14(7-4-12)22-15-8-5-13(16(15)20)11-19-17(21)18(2)9-10-18/h3-4,6-7,13,15-16,20H,5,8-11H2,1-2H3,(H,19,21)/t13-,15-,16-/m1/s1. The summed E-state index contributed by atoms with van der Waals surface area (Å²) >= 11 is 0. The lowest BCUT2D eigenvalue weighted by molar-refractivity contribution is -0.126.